The number of alkyl halides is 3. The summed E-state index contributed by atoms with van der Waals surface area (Å²) >= 11 is 1.23. The number of halogens is 3. The van der Waals surface area contributed by atoms with E-state index < -0.39 is 26.3 Å². The second-order valence-electron chi connectivity index (χ2n) is 14.9. The van der Waals surface area contributed by atoms with Gasteiger partial charge < -0.3 is 15.0 Å². The number of carbonyl (C=O) groups excluding carboxylic acids is 1. The van der Waals surface area contributed by atoms with Gasteiger partial charge in [0, 0.05) is 89.9 Å². The predicted molar refractivity (Wildman–Crippen MR) is 216 cm³/mol. The van der Waals surface area contributed by atoms with E-state index in [1.807, 2.05) is 30.3 Å². The summed E-state index contributed by atoms with van der Waals surface area (Å²) in [6.45, 7) is 12.1. The van der Waals surface area contributed by atoms with Crippen LogP contribution in [-0.2, 0) is 14.8 Å². The smallest absolute Gasteiger partial charge is 0.381 e. The first-order valence-electron chi connectivity index (χ1n) is 19.1. The fourth-order valence-electron chi connectivity index (χ4n) is 7.44. The Labute approximate surface area is 332 Å². The number of thioether (sulfide) groups is 2. The molecule has 1 spiro atoms. The van der Waals surface area contributed by atoms with Crippen LogP contribution in [0, 0.1) is 5.92 Å². The number of carbonyl (C=O) groups is 1. The van der Waals surface area contributed by atoms with Gasteiger partial charge in [0.05, 0.1) is 18.1 Å². The minimum absolute atomic E-state index is 0.0668. The van der Waals surface area contributed by atoms with Crippen molar-refractivity contribution < 1.29 is 31.1 Å². The minimum atomic E-state index is -4.68. The Kier molecular flexibility index (Phi) is 14.0. The Morgan fingerprint density at radius 1 is 0.964 bits per heavy atom. The molecule has 3 fully saturated rings. The zero-order valence-corrected chi connectivity index (χ0v) is 34.0. The number of hydrogen-bond acceptors (Lipinski definition) is 10. The topological polar surface area (TPSA) is 94.2 Å². The molecule has 2 atom stereocenters. The molecule has 300 valence electrons. The van der Waals surface area contributed by atoms with Crippen LogP contribution < -0.4 is 14.9 Å². The van der Waals surface area contributed by atoms with Crippen molar-refractivity contribution >= 4 is 50.8 Å². The maximum absolute atomic E-state index is 13.9. The van der Waals surface area contributed by atoms with E-state index in [1.54, 1.807) is 36.0 Å². The fraction of sp³-hybridized carbons (Fsp3) is 0.525. The van der Waals surface area contributed by atoms with Crippen LogP contribution in [0.2, 0.25) is 0 Å². The van der Waals surface area contributed by atoms with Crippen LogP contribution in [0.3, 0.4) is 0 Å². The number of sulfonamides is 1. The Morgan fingerprint density at radius 2 is 1.69 bits per heavy atom. The summed E-state index contributed by atoms with van der Waals surface area (Å²) < 4.78 is 76.5. The number of nitrogens with one attached hydrogen (secondary N) is 2. The molecule has 1 amide bonds. The molecule has 1 unspecified atom stereocenters. The van der Waals surface area contributed by atoms with Crippen LogP contribution in [0.25, 0.3) is 0 Å². The van der Waals surface area contributed by atoms with E-state index in [0.29, 0.717) is 31.3 Å². The largest absolute Gasteiger partial charge is 0.446 e. The van der Waals surface area contributed by atoms with E-state index in [1.165, 1.54) is 25.0 Å². The summed E-state index contributed by atoms with van der Waals surface area (Å²) in [4.78, 5) is 20.6. The maximum atomic E-state index is 13.9. The fourth-order valence-corrected chi connectivity index (χ4v) is 10.2. The Hall–Kier alpha value is -2.95. The summed E-state index contributed by atoms with van der Waals surface area (Å²) in [7, 11) is -4.51. The third kappa shape index (κ3) is 11.8. The maximum Gasteiger partial charge on any atom is 0.446 e. The lowest BCUT2D eigenvalue weighted by Crippen LogP contribution is -2.48. The summed E-state index contributed by atoms with van der Waals surface area (Å²) in [6, 6.07) is 19.9. The highest BCUT2D eigenvalue weighted by Crippen LogP contribution is 2.44. The van der Waals surface area contributed by atoms with Crippen molar-refractivity contribution in [2.75, 3.05) is 75.0 Å². The molecule has 3 aliphatic rings. The van der Waals surface area contributed by atoms with E-state index in [2.05, 4.69) is 38.6 Å². The minimum Gasteiger partial charge on any atom is -0.381 e. The lowest BCUT2D eigenvalue weighted by atomic mass is 10.1. The van der Waals surface area contributed by atoms with Gasteiger partial charge in [0.15, 0.2) is 0 Å². The van der Waals surface area contributed by atoms with Gasteiger partial charge in [-0.15, -0.1) is 11.8 Å². The van der Waals surface area contributed by atoms with Gasteiger partial charge in [-0.1, -0.05) is 38.5 Å². The van der Waals surface area contributed by atoms with Gasteiger partial charge in [0.1, 0.15) is 0 Å². The first-order chi connectivity index (χ1) is 26.3. The van der Waals surface area contributed by atoms with Crippen LogP contribution in [0.5, 0.6) is 0 Å². The SMILES string of the molecule is CCCC(C)CN1CCN(c2ccc(C(=O)NS(=O)(=O)c3ccc(N[C@H](CCN4CCOCC45CC5)CSc4ccccc4)c(SC(F)(F)F)c3)cc2)CC1. The summed E-state index contributed by atoms with van der Waals surface area (Å²) in [5, 5.41) is 3.33. The molecule has 1 saturated carbocycles. The van der Waals surface area contributed by atoms with Gasteiger partial charge in [-0.25, -0.2) is 13.1 Å². The van der Waals surface area contributed by atoms with Crippen LogP contribution in [-0.4, -0.2) is 106 Å². The Bertz CT molecular complexity index is 1820. The summed E-state index contributed by atoms with van der Waals surface area (Å²) in [5.41, 5.74) is -3.35. The lowest BCUT2D eigenvalue weighted by molar-refractivity contribution is -0.0328. The highest BCUT2D eigenvalue weighted by atomic mass is 32.2. The molecule has 0 aromatic heterocycles. The average molecular weight is 820 g/mol. The molecule has 1 aliphatic carbocycles. The number of hydrogen-bond donors (Lipinski definition) is 2. The number of benzene rings is 3. The van der Waals surface area contributed by atoms with Crippen molar-refractivity contribution in [3.05, 3.63) is 78.4 Å². The van der Waals surface area contributed by atoms with Crippen LogP contribution >= 0.6 is 23.5 Å². The third-order valence-corrected chi connectivity index (χ3v) is 13.9. The molecule has 3 aromatic carbocycles. The first-order valence-corrected chi connectivity index (χ1v) is 22.4. The van der Waals surface area contributed by atoms with E-state index >= 15 is 0 Å². The molecule has 55 heavy (non-hydrogen) atoms. The van der Waals surface area contributed by atoms with Gasteiger partial charge >= 0.3 is 5.51 Å². The molecule has 0 radical (unpaired) electrons. The number of piperazine rings is 1. The second-order valence-corrected chi connectivity index (χ2v) is 18.8. The van der Waals surface area contributed by atoms with Crippen LogP contribution in [0.1, 0.15) is 56.3 Å². The van der Waals surface area contributed by atoms with Crippen molar-refractivity contribution in [3.63, 3.8) is 0 Å². The Balaban J connectivity index is 1.12. The predicted octanol–water partition coefficient (Wildman–Crippen LogP) is 7.80. The van der Waals surface area contributed by atoms with E-state index in [9.17, 15) is 26.4 Å². The molecule has 2 saturated heterocycles. The van der Waals surface area contributed by atoms with Crippen molar-refractivity contribution in [1.29, 1.82) is 0 Å². The molecule has 15 heteroatoms. The number of amides is 1. The quantitative estimate of drug-likeness (QED) is 0.132. The molecule has 6 rings (SSSR count). The zero-order chi connectivity index (χ0) is 39.1. The van der Waals surface area contributed by atoms with Crippen molar-refractivity contribution in [1.82, 2.24) is 14.5 Å². The molecule has 9 nitrogen and oxygen atoms in total. The van der Waals surface area contributed by atoms with E-state index in [-0.39, 0.29) is 39.5 Å². The van der Waals surface area contributed by atoms with Crippen molar-refractivity contribution in [2.45, 2.75) is 77.7 Å². The van der Waals surface area contributed by atoms with Gasteiger partial charge in [-0.2, -0.15) is 13.2 Å². The lowest BCUT2D eigenvalue weighted by Gasteiger charge is -2.37. The summed E-state index contributed by atoms with van der Waals surface area (Å²) in [5.74, 6) is 0.381. The number of anilines is 2. The highest BCUT2D eigenvalue weighted by molar-refractivity contribution is 8.00. The molecule has 2 aliphatic heterocycles. The van der Waals surface area contributed by atoms with Crippen molar-refractivity contribution in [3.8, 4) is 0 Å². The number of nitrogens with zero attached hydrogens (tertiary/aromatic N) is 3. The molecule has 2 N–H and O–H groups in total. The zero-order valence-electron chi connectivity index (χ0n) is 31.5. The third-order valence-electron chi connectivity index (χ3n) is 10.6. The molecular weight excluding hydrogens is 768 g/mol. The first kappa shape index (κ1) is 41.7. The van der Waals surface area contributed by atoms with E-state index in [4.69, 9.17) is 4.74 Å². The Morgan fingerprint density at radius 3 is 2.36 bits per heavy atom. The van der Waals surface area contributed by atoms with Gasteiger partial charge in [0.25, 0.3) is 15.9 Å². The molecular formula is C40H52F3N5O4S3. The monoisotopic (exact) mass is 819 g/mol. The standard InChI is InChI=1S/C40H52F3N5O4S3/c1-3-7-30(2)27-46-20-22-47(23-21-46)33-12-10-31(11-13-33)38(49)45-55(50,51)35-14-15-36(37(26-35)54-40(41,42)43)44-32(28-53-34-8-5-4-6-9-34)16-19-48-24-25-52-29-39(48)17-18-39/h4-6,8-15,26,30,32,44H,3,7,16-25,27-29H2,1-2H3,(H,45,49)/t30?,32-/m1/s1. The van der Waals surface area contributed by atoms with E-state index in [0.717, 1.165) is 75.3 Å². The van der Waals surface area contributed by atoms with Gasteiger partial charge in [0.2, 0.25) is 0 Å². The number of ether oxygens (including phenoxy) is 1. The number of rotatable bonds is 17. The second kappa shape index (κ2) is 18.5. The van der Waals surface area contributed by atoms with Gasteiger partial charge in [-0.05, 0) is 98.0 Å². The average Bonchev–Trinajstić information content (AvgIpc) is 3.93. The summed E-state index contributed by atoms with van der Waals surface area (Å²) in [6.07, 6.45) is 5.20. The van der Waals surface area contributed by atoms with Crippen molar-refractivity contribution in [2.24, 2.45) is 5.92 Å². The molecule has 0 bridgehead atoms. The highest BCUT2D eigenvalue weighted by Gasteiger charge is 2.49. The normalized spacial score (nSPS) is 18.9. The van der Waals surface area contributed by atoms with Crippen LogP contribution in [0.15, 0.2) is 87.5 Å². The van der Waals surface area contributed by atoms with Crippen LogP contribution in [0.4, 0.5) is 24.5 Å². The van der Waals surface area contributed by atoms with Gasteiger partial charge in [-0.3, -0.25) is 14.6 Å². The molecule has 3 aromatic rings. The number of morpholine rings is 1. The molecule has 2 heterocycles.